The van der Waals surface area contributed by atoms with Crippen molar-refractivity contribution in [2.24, 2.45) is 0 Å². The Balaban J connectivity index is 1.28. The van der Waals surface area contributed by atoms with Gasteiger partial charge in [-0.15, -0.1) is 0 Å². The minimum absolute atomic E-state index is 0.200. The third kappa shape index (κ3) is 6.35. The van der Waals surface area contributed by atoms with Crippen molar-refractivity contribution in [2.45, 2.75) is 32.2 Å². The highest BCUT2D eigenvalue weighted by atomic mass is 35.5. The maximum Gasteiger partial charge on any atom is 0.251 e. The highest BCUT2D eigenvalue weighted by Gasteiger charge is 2.11. The van der Waals surface area contributed by atoms with Crippen molar-refractivity contribution >= 4 is 28.5 Å². The van der Waals surface area contributed by atoms with Crippen LogP contribution in [0.25, 0.3) is 11.0 Å². The number of carbonyl (C=O) groups excluding carboxylic acids is 1. The Bertz CT molecular complexity index is 1220. The van der Waals surface area contributed by atoms with Crippen LogP contribution >= 0.6 is 11.6 Å². The number of benzene rings is 3. The number of amides is 1. The lowest BCUT2D eigenvalue weighted by atomic mass is 10.2. The molecule has 0 saturated carbocycles. The van der Waals surface area contributed by atoms with E-state index in [9.17, 15) is 9.18 Å². The van der Waals surface area contributed by atoms with E-state index >= 15 is 0 Å². The number of hydrogen-bond acceptors (Lipinski definition) is 3. The second-order valence-corrected chi connectivity index (χ2v) is 8.48. The quantitative estimate of drug-likeness (QED) is 0.266. The molecule has 5 nitrogen and oxygen atoms in total. The monoisotopic (exact) mass is 479 g/mol. The Morgan fingerprint density at radius 1 is 0.971 bits per heavy atom. The molecule has 0 spiro atoms. The van der Waals surface area contributed by atoms with Gasteiger partial charge in [0.2, 0.25) is 0 Å². The summed E-state index contributed by atoms with van der Waals surface area (Å²) in [7, 11) is 0. The van der Waals surface area contributed by atoms with E-state index < -0.39 is 0 Å². The molecule has 0 saturated heterocycles. The maximum absolute atomic E-state index is 13.0. The Hall–Kier alpha value is -3.38. The highest BCUT2D eigenvalue weighted by Crippen LogP contribution is 2.19. The van der Waals surface area contributed by atoms with Crippen LogP contribution < -0.4 is 10.1 Å². The molecule has 4 aromatic rings. The van der Waals surface area contributed by atoms with Crippen molar-refractivity contribution < 1.29 is 13.9 Å². The summed E-state index contributed by atoms with van der Waals surface area (Å²) >= 11 is 5.91. The van der Waals surface area contributed by atoms with E-state index in [-0.39, 0.29) is 11.7 Å². The lowest BCUT2D eigenvalue weighted by Crippen LogP contribution is -2.25. The van der Waals surface area contributed by atoms with Gasteiger partial charge < -0.3 is 14.6 Å². The fourth-order valence-corrected chi connectivity index (χ4v) is 3.94. The lowest BCUT2D eigenvalue weighted by Gasteiger charge is -2.11. The largest absolute Gasteiger partial charge is 0.494 e. The van der Waals surface area contributed by atoms with E-state index in [1.54, 1.807) is 0 Å². The van der Waals surface area contributed by atoms with Crippen LogP contribution in [0.2, 0.25) is 5.02 Å². The van der Waals surface area contributed by atoms with Crippen LogP contribution in [-0.2, 0) is 13.0 Å². The molecular formula is C27H27ClFN3O2. The van der Waals surface area contributed by atoms with Crippen LogP contribution in [0.15, 0.2) is 72.8 Å². The lowest BCUT2D eigenvalue weighted by molar-refractivity contribution is 0.0953. The molecule has 0 aliphatic heterocycles. The summed E-state index contributed by atoms with van der Waals surface area (Å²) in [6.45, 7) is 2.01. The van der Waals surface area contributed by atoms with E-state index in [4.69, 9.17) is 21.3 Å². The van der Waals surface area contributed by atoms with E-state index in [1.165, 1.54) is 24.3 Å². The predicted molar refractivity (Wildman–Crippen MR) is 133 cm³/mol. The summed E-state index contributed by atoms with van der Waals surface area (Å²) < 4.78 is 21.1. The van der Waals surface area contributed by atoms with Gasteiger partial charge >= 0.3 is 0 Å². The smallest absolute Gasteiger partial charge is 0.251 e. The Labute approximate surface area is 203 Å². The number of ether oxygens (including phenoxy) is 1. The minimum atomic E-state index is -0.355. The Morgan fingerprint density at radius 2 is 1.74 bits per heavy atom. The van der Waals surface area contributed by atoms with E-state index in [0.29, 0.717) is 23.7 Å². The second kappa shape index (κ2) is 11.7. The first-order chi connectivity index (χ1) is 16.6. The summed E-state index contributed by atoms with van der Waals surface area (Å²) in [6, 6.07) is 21.1. The van der Waals surface area contributed by atoms with Crippen LogP contribution in [-0.4, -0.2) is 28.6 Å². The number of fused-ring (bicyclic) bond motifs is 1. The normalized spacial score (nSPS) is 11.0. The number of aromatic nitrogens is 2. The summed E-state index contributed by atoms with van der Waals surface area (Å²) in [6.07, 6.45) is 3.39. The molecule has 0 aliphatic rings. The van der Waals surface area contributed by atoms with E-state index in [0.717, 1.165) is 54.8 Å². The van der Waals surface area contributed by atoms with Crippen molar-refractivity contribution in [3.8, 4) is 5.75 Å². The fourth-order valence-electron chi connectivity index (χ4n) is 3.81. The van der Waals surface area contributed by atoms with Crippen LogP contribution in [0.1, 0.15) is 35.4 Å². The first-order valence-electron chi connectivity index (χ1n) is 11.5. The second-order valence-electron chi connectivity index (χ2n) is 8.04. The van der Waals surface area contributed by atoms with Crippen LogP contribution in [0.3, 0.4) is 0 Å². The number of halogens is 2. The molecule has 7 heteroatoms. The average Bonchev–Trinajstić information content (AvgIpc) is 3.20. The molecule has 0 atom stereocenters. The van der Waals surface area contributed by atoms with Gasteiger partial charge in [-0.05, 0) is 79.9 Å². The Kier molecular flexibility index (Phi) is 8.15. The maximum atomic E-state index is 13.0. The molecule has 0 bridgehead atoms. The summed E-state index contributed by atoms with van der Waals surface area (Å²) in [4.78, 5) is 17.0. The average molecular weight is 480 g/mol. The molecule has 4 rings (SSSR count). The highest BCUT2D eigenvalue weighted by molar-refractivity contribution is 6.30. The number of unbranched alkanes of at least 4 members (excludes halogenated alkanes) is 1. The number of hydrogen-bond donors (Lipinski definition) is 1. The molecule has 176 valence electrons. The number of para-hydroxylation sites is 2. The summed E-state index contributed by atoms with van der Waals surface area (Å²) in [5, 5.41) is 3.59. The number of nitrogens with zero attached hydrogens (tertiary/aromatic N) is 2. The van der Waals surface area contributed by atoms with Gasteiger partial charge in [0.15, 0.2) is 0 Å². The molecule has 34 heavy (non-hydrogen) atoms. The van der Waals surface area contributed by atoms with Crippen molar-refractivity contribution in [2.75, 3.05) is 13.2 Å². The van der Waals surface area contributed by atoms with Gasteiger partial charge in [0.05, 0.1) is 17.6 Å². The van der Waals surface area contributed by atoms with Crippen molar-refractivity contribution in [3.63, 3.8) is 0 Å². The van der Waals surface area contributed by atoms with Crippen LogP contribution in [0.5, 0.6) is 5.75 Å². The van der Waals surface area contributed by atoms with Gasteiger partial charge in [0.25, 0.3) is 5.91 Å². The molecule has 0 radical (unpaired) electrons. The summed E-state index contributed by atoms with van der Waals surface area (Å²) in [5.74, 6) is 1.28. The first-order valence-corrected chi connectivity index (χ1v) is 11.8. The SMILES string of the molecule is O=C(NCCCc1nc2ccccc2n1CCCCOc1ccc(Cl)cc1)c1ccc(F)cc1. The molecule has 1 amide bonds. The zero-order valence-electron chi connectivity index (χ0n) is 18.8. The Morgan fingerprint density at radius 3 is 2.53 bits per heavy atom. The van der Waals surface area contributed by atoms with Crippen molar-refractivity contribution in [1.82, 2.24) is 14.9 Å². The van der Waals surface area contributed by atoms with Gasteiger partial charge in [0, 0.05) is 30.1 Å². The van der Waals surface area contributed by atoms with Crippen LogP contribution in [0, 0.1) is 5.82 Å². The summed E-state index contributed by atoms with van der Waals surface area (Å²) in [5.41, 5.74) is 2.55. The molecule has 3 aromatic carbocycles. The molecular weight excluding hydrogens is 453 g/mol. The zero-order chi connectivity index (χ0) is 23.8. The number of aryl methyl sites for hydroxylation is 2. The van der Waals surface area contributed by atoms with Gasteiger partial charge in [0.1, 0.15) is 17.4 Å². The van der Waals surface area contributed by atoms with Gasteiger partial charge in [-0.25, -0.2) is 9.37 Å². The molecule has 1 heterocycles. The van der Waals surface area contributed by atoms with Gasteiger partial charge in [-0.2, -0.15) is 0 Å². The minimum Gasteiger partial charge on any atom is -0.494 e. The molecule has 0 unspecified atom stereocenters. The van der Waals surface area contributed by atoms with Gasteiger partial charge in [-0.3, -0.25) is 4.79 Å². The number of carbonyl (C=O) groups is 1. The zero-order valence-corrected chi connectivity index (χ0v) is 19.6. The van der Waals surface area contributed by atoms with E-state index in [1.807, 2.05) is 42.5 Å². The molecule has 1 N–H and O–H groups in total. The third-order valence-corrected chi connectivity index (χ3v) is 5.81. The number of imidazole rings is 1. The number of nitrogens with one attached hydrogen (secondary N) is 1. The number of rotatable bonds is 11. The third-order valence-electron chi connectivity index (χ3n) is 5.56. The van der Waals surface area contributed by atoms with Crippen molar-refractivity contribution in [1.29, 1.82) is 0 Å². The first kappa shape index (κ1) is 23.8. The topological polar surface area (TPSA) is 56.2 Å². The molecule has 0 aliphatic carbocycles. The fraction of sp³-hybridized carbons (Fsp3) is 0.259. The standard InChI is InChI=1S/C27H27ClFN3O2/c28-21-11-15-23(16-12-21)34-19-4-3-18-32-25-7-2-1-6-24(25)31-26(32)8-5-17-30-27(33)20-9-13-22(29)14-10-20/h1-2,6-7,9-16H,3-5,8,17-19H2,(H,30,33). The van der Waals surface area contributed by atoms with E-state index in [2.05, 4.69) is 16.0 Å². The van der Waals surface area contributed by atoms with Crippen LogP contribution in [0.4, 0.5) is 4.39 Å². The molecule has 1 aromatic heterocycles. The van der Waals surface area contributed by atoms with Gasteiger partial charge in [-0.1, -0.05) is 23.7 Å². The predicted octanol–water partition coefficient (Wildman–Crippen LogP) is 6.05. The molecule has 0 fully saturated rings. The van der Waals surface area contributed by atoms with Crippen molar-refractivity contribution in [3.05, 3.63) is 95.0 Å².